The van der Waals surface area contributed by atoms with Crippen LogP contribution in [0.4, 0.5) is 10.2 Å². The first-order chi connectivity index (χ1) is 7.81. The molecule has 1 aromatic heterocycles. The maximum Gasteiger partial charge on any atom is 0.0841 e. The zero-order chi connectivity index (χ0) is 11.4. The summed E-state index contributed by atoms with van der Waals surface area (Å²) in [6.45, 7) is 0. The zero-order valence-electron chi connectivity index (χ0n) is 8.47. The first-order valence-corrected chi connectivity index (χ1v) is 4.74. The van der Waals surface area contributed by atoms with Gasteiger partial charge in [-0.1, -0.05) is 29.1 Å². The summed E-state index contributed by atoms with van der Waals surface area (Å²) in [6.07, 6.45) is 8.41. The number of pyridine rings is 1. The van der Waals surface area contributed by atoms with E-state index in [1.54, 1.807) is 36.7 Å². The maximum atomic E-state index is 13.0. The molecule has 0 amide bonds. The number of benzene rings is 1. The van der Waals surface area contributed by atoms with Crippen LogP contribution >= 0.6 is 0 Å². The van der Waals surface area contributed by atoms with Crippen molar-refractivity contribution in [2.45, 2.75) is 0 Å². The highest BCUT2D eigenvalue weighted by Gasteiger charge is 2.02. The van der Waals surface area contributed by atoms with Gasteiger partial charge >= 0.3 is 0 Å². The maximum absolute atomic E-state index is 13.0. The third-order valence-corrected chi connectivity index (χ3v) is 2.20. The van der Waals surface area contributed by atoms with Gasteiger partial charge in [-0.3, -0.25) is 4.98 Å². The molecule has 0 atom stereocenters. The molecule has 16 heavy (non-hydrogen) atoms. The molecule has 3 heteroatoms. The van der Waals surface area contributed by atoms with Crippen molar-refractivity contribution in [1.82, 2.24) is 4.98 Å². The molecular weight excluding hydrogens is 203 g/mol. The Balaban J connectivity index is 2.31. The van der Waals surface area contributed by atoms with Crippen molar-refractivity contribution < 1.29 is 4.48 Å². The lowest BCUT2D eigenvalue weighted by atomic mass is 10.1. The molecule has 2 rings (SSSR count). The number of rotatable bonds is 2. The third kappa shape index (κ3) is 2.01. The van der Waals surface area contributed by atoms with Crippen LogP contribution < -0.4 is 5.12 Å². The fourth-order valence-corrected chi connectivity index (χ4v) is 1.39. The van der Waals surface area contributed by atoms with Gasteiger partial charge < -0.3 is 0 Å². The van der Waals surface area contributed by atoms with Crippen molar-refractivity contribution in [3.05, 3.63) is 48.8 Å². The van der Waals surface area contributed by atoms with Crippen molar-refractivity contribution in [1.29, 1.82) is 0 Å². The lowest BCUT2D eigenvalue weighted by Gasteiger charge is -2.06. The van der Waals surface area contributed by atoms with Gasteiger partial charge in [0.2, 0.25) is 0 Å². The lowest BCUT2D eigenvalue weighted by molar-refractivity contribution is 0.511. The lowest BCUT2D eigenvalue weighted by Crippen LogP contribution is -2.00. The predicted molar refractivity (Wildman–Crippen MR) is 62.1 cm³/mol. The molecule has 0 aliphatic heterocycles. The van der Waals surface area contributed by atoms with E-state index in [4.69, 9.17) is 6.42 Å². The Morgan fingerprint density at radius 2 is 1.88 bits per heavy atom. The Bertz CT molecular complexity index is 500. The summed E-state index contributed by atoms with van der Waals surface area (Å²) in [5.41, 5.74) is 2.30. The molecule has 0 spiro atoms. The van der Waals surface area contributed by atoms with Crippen LogP contribution in [0, 0.1) is 12.5 Å². The number of terminal acetylenes is 1. The summed E-state index contributed by atoms with van der Waals surface area (Å²) in [4.78, 5) is 4.02. The molecule has 2 nitrogen and oxygen atoms in total. The standard InChI is InChI=1S/C13H9FN2/c1-2-16(14)13-7-5-11(6-8-13)12-4-3-9-15-10-12/h1,3-10H. The number of aromatic nitrogens is 1. The topological polar surface area (TPSA) is 16.1 Å². The Morgan fingerprint density at radius 1 is 1.12 bits per heavy atom. The summed E-state index contributed by atoms with van der Waals surface area (Å²) < 4.78 is 13.0. The fraction of sp³-hybridized carbons (Fsp3) is 0. The quantitative estimate of drug-likeness (QED) is 0.432. The molecule has 1 aromatic carbocycles. The number of hydrogen-bond acceptors (Lipinski definition) is 2. The first kappa shape index (κ1) is 10.2. The van der Waals surface area contributed by atoms with Gasteiger partial charge in [-0.25, -0.2) is 0 Å². The summed E-state index contributed by atoms with van der Waals surface area (Å²) >= 11 is 0. The molecule has 0 bridgehead atoms. The minimum absolute atomic E-state index is 0.243. The molecule has 2 aromatic rings. The Morgan fingerprint density at radius 3 is 2.44 bits per heavy atom. The summed E-state index contributed by atoms with van der Waals surface area (Å²) in [7, 11) is 0. The molecule has 0 radical (unpaired) electrons. The summed E-state index contributed by atoms with van der Waals surface area (Å²) in [6, 6.07) is 12.5. The molecule has 0 saturated carbocycles. The van der Waals surface area contributed by atoms with E-state index in [9.17, 15) is 4.48 Å². The van der Waals surface area contributed by atoms with E-state index in [0.29, 0.717) is 5.69 Å². The fourth-order valence-electron chi connectivity index (χ4n) is 1.39. The molecular formula is C13H9FN2. The van der Waals surface area contributed by atoms with Gasteiger partial charge in [0.15, 0.2) is 0 Å². The van der Waals surface area contributed by atoms with E-state index in [1.165, 1.54) is 0 Å². The molecule has 0 saturated heterocycles. The average molecular weight is 212 g/mol. The monoisotopic (exact) mass is 212 g/mol. The summed E-state index contributed by atoms with van der Waals surface area (Å²) in [5.74, 6) is 0. The Kier molecular flexibility index (Phi) is 2.84. The molecule has 0 aliphatic carbocycles. The van der Waals surface area contributed by atoms with Crippen molar-refractivity contribution in [2.24, 2.45) is 0 Å². The van der Waals surface area contributed by atoms with Crippen LogP contribution in [0.1, 0.15) is 0 Å². The minimum Gasteiger partial charge on any atom is -0.264 e. The molecule has 0 aliphatic rings. The highest BCUT2D eigenvalue weighted by atomic mass is 19.2. The highest BCUT2D eigenvalue weighted by molar-refractivity contribution is 5.65. The van der Waals surface area contributed by atoms with Crippen molar-refractivity contribution in [2.75, 3.05) is 5.12 Å². The molecule has 0 fully saturated rings. The molecule has 1 heterocycles. The van der Waals surface area contributed by atoms with Crippen LogP contribution in [-0.4, -0.2) is 4.98 Å². The number of nitrogens with zero attached hydrogens (tertiary/aromatic N) is 2. The zero-order valence-corrected chi connectivity index (χ0v) is 8.47. The van der Waals surface area contributed by atoms with Gasteiger partial charge in [0.25, 0.3) is 0 Å². The van der Waals surface area contributed by atoms with Gasteiger partial charge in [0, 0.05) is 18.4 Å². The Hall–Kier alpha value is -2.34. The van der Waals surface area contributed by atoms with E-state index in [1.807, 2.05) is 18.2 Å². The van der Waals surface area contributed by atoms with Crippen LogP contribution in [0.3, 0.4) is 0 Å². The average Bonchev–Trinajstić information content (AvgIpc) is 2.39. The largest absolute Gasteiger partial charge is 0.264 e. The SMILES string of the molecule is C#CN(F)c1ccc(-c2cccnc2)cc1. The van der Waals surface area contributed by atoms with Crippen molar-refractivity contribution in [3.63, 3.8) is 0 Å². The Labute approximate surface area is 93.3 Å². The normalized spacial score (nSPS) is 9.50. The smallest absolute Gasteiger partial charge is 0.0841 e. The third-order valence-electron chi connectivity index (χ3n) is 2.20. The van der Waals surface area contributed by atoms with Crippen LogP contribution in [0.25, 0.3) is 11.1 Å². The van der Waals surface area contributed by atoms with E-state index in [0.717, 1.165) is 11.1 Å². The predicted octanol–water partition coefficient (Wildman–Crippen LogP) is 3.03. The number of anilines is 1. The summed E-state index contributed by atoms with van der Waals surface area (Å²) in [5, 5.41) is 0.243. The van der Waals surface area contributed by atoms with Crippen LogP contribution in [0.15, 0.2) is 48.8 Å². The van der Waals surface area contributed by atoms with E-state index in [2.05, 4.69) is 4.98 Å². The highest BCUT2D eigenvalue weighted by Crippen LogP contribution is 2.22. The van der Waals surface area contributed by atoms with E-state index >= 15 is 0 Å². The minimum atomic E-state index is 0.243. The van der Waals surface area contributed by atoms with Gasteiger partial charge in [-0.05, 0) is 29.3 Å². The number of halogens is 1. The van der Waals surface area contributed by atoms with Crippen LogP contribution in [-0.2, 0) is 0 Å². The van der Waals surface area contributed by atoms with Gasteiger partial charge in [-0.2, -0.15) is 0 Å². The van der Waals surface area contributed by atoms with E-state index < -0.39 is 0 Å². The van der Waals surface area contributed by atoms with Crippen molar-refractivity contribution in [3.8, 4) is 23.6 Å². The number of hydrogen-bond donors (Lipinski definition) is 0. The van der Waals surface area contributed by atoms with Gasteiger partial charge in [-0.15, -0.1) is 5.12 Å². The van der Waals surface area contributed by atoms with Crippen LogP contribution in [0.5, 0.6) is 0 Å². The second-order valence-electron chi connectivity index (χ2n) is 3.20. The van der Waals surface area contributed by atoms with E-state index in [-0.39, 0.29) is 5.12 Å². The first-order valence-electron chi connectivity index (χ1n) is 4.74. The molecule has 78 valence electrons. The van der Waals surface area contributed by atoms with Crippen LogP contribution in [0.2, 0.25) is 0 Å². The molecule has 0 unspecified atom stereocenters. The molecule has 0 N–H and O–H groups in total. The van der Waals surface area contributed by atoms with Gasteiger partial charge in [0.1, 0.15) is 0 Å². The second kappa shape index (κ2) is 4.45. The van der Waals surface area contributed by atoms with Gasteiger partial charge in [0.05, 0.1) is 5.69 Å². The van der Waals surface area contributed by atoms with Crippen molar-refractivity contribution >= 4 is 5.69 Å². The second-order valence-corrected chi connectivity index (χ2v) is 3.20.